The number of rotatable bonds is 4. The highest BCUT2D eigenvalue weighted by molar-refractivity contribution is 7.21. The topological polar surface area (TPSA) is 111 Å². The van der Waals surface area contributed by atoms with Gasteiger partial charge in [0.05, 0.1) is 28.0 Å². The molecule has 0 aliphatic heterocycles. The van der Waals surface area contributed by atoms with Crippen molar-refractivity contribution in [2.45, 2.75) is 0 Å². The summed E-state index contributed by atoms with van der Waals surface area (Å²) >= 11 is 7.51. The molecule has 0 saturated carbocycles. The largest absolute Gasteiger partial charge is 0.383 e. The van der Waals surface area contributed by atoms with Gasteiger partial charge in [0, 0.05) is 29.0 Å². The van der Waals surface area contributed by atoms with Crippen LogP contribution >= 0.6 is 22.9 Å². The standard InChI is InChI=1S/C23H18ClN7OS/c1-31-12-28-19(20(31)18-10-17-21(25)26-11-27-22(17)33-18)13-4-2-6-15(8-13)29-23(32)30-16-7-3-5-14(24)9-16/h2-12H,1H3,(H2,25,26,27)(H2,29,30,32). The highest BCUT2D eigenvalue weighted by Crippen LogP contribution is 2.39. The third-order valence-electron chi connectivity index (χ3n) is 5.01. The van der Waals surface area contributed by atoms with Gasteiger partial charge in [0.25, 0.3) is 0 Å². The van der Waals surface area contributed by atoms with Gasteiger partial charge in [0.15, 0.2) is 0 Å². The summed E-state index contributed by atoms with van der Waals surface area (Å²) in [6.07, 6.45) is 3.22. The molecule has 0 fully saturated rings. The molecule has 0 saturated heterocycles. The van der Waals surface area contributed by atoms with E-state index in [9.17, 15) is 4.79 Å². The van der Waals surface area contributed by atoms with Crippen LogP contribution in [0.25, 0.3) is 32.0 Å². The van der Waals surface area contributed by atoms with E-state index in [1.807, 2.05) is 41.9 Å². The van der Waals surface area contributed by atoms with E-state index in [2.05, 4.69) is 25.6 Å². The molecule has 4 N–H and O–H groups in total. The molecule has 3 heterocycles. The number of thiophene rings is 1. The first kappa shape index (κ1) is 20.9. The summed E-state index contributed by atoms with van der Waals surface area (Å²) in [6, 6.07) is 16.1. The maximum atomic E-state index is 12.5. The number of nitrogens with zero attached hydrogens (tertiary/aromatic N) is 4. The van der Waals surface area contributed by atoms with Gasteiger partial charge >= 0.3 is 6.03 Å². The summed E-state index contributed by atoms with van der Waals surface area (Å²) in [6.45, 7) is 0. The molecular formula is C23H18ClN7OS. The van der Waals surface area contributed by atoms with Crippen LogP contribution in [-0.4, -0.2) is 25.6 Å². The number of hydrogen-bond acceptors (Lipinski definition) is 6. The maximum absolute atomic E-state index is 12.5. The van der Waals surface area contributed by atoms with E-state index in [-0.39, 0.29) is 6.03 Å². The fraction of sp³-hybridized carbons (Fsp3) is 0.0435. The van der Waals surface area contributed by atoms with Crippen molar-refractivity contribution in [1.82, 2.24) is 19.5 Å². The molecule has 2 aromatic carbocycles. The Balaban J connectivity index is 1.44. The molecule has 0 aliphatic rings. The fourth-order valence-electron chi connectivity index (χ4n) is 3.53. The SMILES string of the molecule is Cn1cnc(-c2cccc(NC(=O)Nc3cccc(Cl)c3)c2)c1-c1cc2c(N)ncnc2s1. The second-order valence-electron chi connectivity index (χ2n) is 7.31. The van der Waals surface area contributed by atoms with E-state index in [1.165, 1.54) is 17.7 Å². The number of nitrogens with one attached hydrogen (secondary N) is 2. The zero-order valence-electron chi connectivity index (χ0n) is 17.4. The molecule has 33 heavy (non-hydrogen) atoms. The Kier molecular flexibility index (Phi) is 5.41. The zero-order chi connectivity index (χ0) is 22.9. The first-order valence-corrected chi connectivity index (χ1v) is 11.1. The number of aryl methyl sites for hydroxylation is 1. The summed E-state index contributed by atoms with van der Waals surface area (Å²) in [5.74, 6) is 0.447. The molecule has 10 heteroatoms. The number of carbonyl (C=O) groups is 1. The van der Waals surface area contributed by atoms with Gasteiger partial charge in [0.1, 0.15) is 17.0 Å². The average molecular weight is 476 g/mol. The third kappa shape index (κ3) is 4.23. The van der Waals surface area contributed by atoms with E-state index in [1.54, 1.807) is 30.6 Å². The minimum Gasteiger partial charge on any atom is -0.383 e. The lowest BCUT2D eigenvalue weighted by Crippen LogP contribution is -2.19. The minimum absolute atomic E-state index is 0.366. The number of nitrogen functional groups attached to an aromatic ring is 1. The summed E-state index contributed by atoms with van der Waals surface area (Å²) in [4.78, 5) is 27.3. The number of anilines is 3. The van der Waals surface area contributed by atoms with Crippen LogP contribution in [-0.2, 0) is 7.05 Å². The molecule has 0 spiro atoms. The molecule has 5 aromatic rings. The van der Waals surface area contributed by atoms with Crippen molar-refractivity contribution in [3.8, 4) is 21.8 Å². The van der Waals surface area contributed by atoms with Gasteiger partial charge in [-0.05, 0) is 36.4 Å². The van der Waals surface area contributed by atoms with Gasteiger partial charge in [-0.1, -0.05) is 29.8 Å². The Morgan fingerprint density at radius 3 is 2.55 bits per heavy atom. The fourth-order valence-corrected chi connectivity index (χ4v) is 4.81. The molecule has 0 aliphatic carbocycles. The molecule has 0 unspecified atom stereocenters. The second-order valence-corrected chi connectivity index (χ2v) is 8.78. The molecule has 0 radical (unpaired) electrons. The van der Waals surface area contributed by atoms with Crippen molar-refractivity contribution >= 4 is 56.4 Å². The summed E-state index contributed by atoms with van der Waals surface area (Å²) in [7, 11) is 1.94. The predicted molar refractivity (Wildman–Crippen MR) is 134 cm³/mol. The quantitative estimate of drug-likeness (QED) is 0.311. The van der Waals surface area contributed by atoms with E-state index in [0.717, 1.165) is 32.0 Å². The van der Waals surface area contributed by atoms with E-state index < -0.39 is 0 Å². The van der Waals surface area contributed by atoms with Crippen LogP contribution in [0, 0.1) is 0 Å². The van der Waals surface area contributed by atoms with Gasteiger partial charge in [-0.2, -0.15) is 0 Å². The number of benzene rings is 2. The second kappa shape index (κ2) is 8.53. The number of hydrogen-bond donors (Lipinski definition) is 3. The van der Waals surface area contributed by atoms with E-state index in [4.69, 9.17) is 17.3 Å². The molecule has 8 nitrogen and oxygen atoms in total. The molecular weight excluding hydrogens is 458 g/mol. The Bertz CT molecular complexity index is 1490. The Hall–Kier alpha value is -3.95. The molecule has 5 rings (SSSR count). The number of nitrogens with two attached hydrogens (primary N) is 1. The van der Waals surface area contributed by atoms with Crippen molar-refractivity contribution in [3.63, 3.8) is 0 Å². The van der Waals surface area contributed by atoms with Crippen molar-refractivity contribution in [2.75, 3.05) is 16.4 Å². The van der Waals surface area contributed by atoms with Crippen LogP contribution in [0.1, 0.15) is 0 Å². The normalized spacial score (nSPS) is 11.0. The average Bonchev–Trinajstić information content (AvgIpc) is 3.38. The van der Waals surface area contributed by atoms with Crippen LogP contribution in [0.4, 0.5) is 22.0 Å². The highest BCUT2D eigenvalue weighted by atomic mass is 35.5. The van der Waals surface area contributed by atoms with Crippen LogP contribution in [0.3, 0.4) is 0 Å². The highest BCUT2D eigenvalue weighted by Gasteiger charge is 2.18. The molecule has 0 bridgehead atoms. The molecule has 2 amide bonds. The van der Waals surface area contributed by atoms with Crippen molar-refractivity contribution < 1.29 is 4.79 Å². The lowest BCUT2D eigenvalue weighted by atomic mass is 10.1. The summed E-state index contributed by atoms with van der Waals surface area (Å²) in [5.41, 5.74) is 9.84. The van der Waals surface area contributed by atoms with E-state index in [0.29, 0.717) is 22.2 Å². The number of halogens is 1. The zero-order valence-corrected chi connectivity index (χ0v) is 19.0. The maximum Gasteiger partial charge on any atom is 0.323 e. The van der Waals surface area contributed by atoms with Gasteiger partial charge in [-0.15, -0.1) is 11.3 Å². The molecule has 0 atom stereocenters. The molecule has 164 valence electrons. The Labute approximate surface area is 198 Å². The van der Waals surface area contributed by atoms with Gasteiger partial charge in [0.2, 0.25) is 0 Å². The lowest BCUT2D eigenvalue weighted by Gasteiger charge is -2.10. The Morgan fingerprint density at radius 1 is 1.03 bits per heavy atom. The van der Waals surface area contributed by atoms with Gasteiger partial charge in [-0.25, -0.2) is 19.7 Å². The van der Waals surface area contributed by atoms with Crippen LogP contribution < -0.4 is 16.4 Å². The monoisotopic (exact) mass is 475 g/mol. The number of carbonyl (C=O) groups excluding carboxylic acids is 1. The van der Waals surface area contributed by atoms with Crippen LogP contribution in [0.2, 0.25) is 5.02 Å². The summed E-state index contributed by atoms with van der Waals surface area (Å²) in [5, 5.41) is 6.99. The third-order valence-corrected chi connectivity index (χ3v) is 6.29. The molecule has 3 aromatic heterocycles. The first-order valence-electron chi connectivity index (χ1n) is 9.93. The number of amides is 2. The van der Waals surface area contributed by atoms with Crippen LogP contribution in [0.15, 0.2) is 67.3 Å². The van der Waals surface area contributed by atoms with Crippen LogP contribution in [0.5, 0.6) is 0 Å². The first-order chi connectivity index (χ1) is 16.0. The Morgan fingerprint density at radius 2 is 1.79 bits per heavy atom. The van der Waals surface area contributed by atoms with Crippen molar-refractivity contribution in [2.24, 2.45) is 7.05 Å². The van der Waals surface area contributed by atoms with E-state index >= 15 is 0 Å². The smallest absolute Gasteiger partial charge is 0.323 e. The number of imidazole rings is 1. The number of aromatic nitrogens is 4. The lowest BCUT2D eigenvalue weighted by molar-refractivity contribution is 0.262. The van der Waals surface area contributed by atoms with Gasteiger partial charge in [-0.3, -0.25) is 0 Å². The van der Waals surface area contributed by atoms with Crippen molar-refractivity contribution in [1.29, 1.82) is 0 Å². The summed E-state index contributed by atoms with van der Waals surface area (Å²) < 4.78 is 1.95. The van der Waals surface area contributed by atoms with Crippen molar-refractivity contribution in [3.05, 3.63) is 72.3 Å². The number of urea groups is 1. The number of fused-ring (bicyclic) bond motifs is 1. The van der Waals surface area contributed by atoms with Gasteiger partial charge < -0.3 is 20.9 Å². The minimum atomic E-state index is -0.366. The predicted octanol–water partition coefficient (Wildman–Crippen LogP) is 5.64.